The summed E-state index contributed by atoms with van der Waals surface area (Å²) in [6.07, 6.45) is 3.86. The van der Waals surface area contributed by atoms with Gasteiger partial charge < -0.3 is 9.47 Å². The predicted molar refractivity (Wildman–Crippen MR) is 119 cm³/mol. The van der Waals surface area contributed by atoms with Gasteiger partial charge in [-0.15, -0.1) is 0 Å². The van der Waals surface area contributed by atoms with E-state index in [1.165, 1.54) is 0 Å². The zero-order valence-electron chi connectivity index (χ0n) is 15.7. The molecule has 150 valence electrons. The standard InChI is InChI=1S/C22H20BrNO4S/c1-27-16-28-22-14-11-18(15-21(22)23)8-7-17-9-12-20(13-10-17)29(25,26)24-19-5-3-2-4-6-19/h2-15,24H,16H2,1H3. The summed E-state index contributed by atoms with van der Waals surface area (Å²) in [4.78, 5) is 0.209. The molecule has 0 bridgehead atoms. The third kappa shape index (κ3) is 5.93. The molecule has 3 aromatic rings. The Hall–Kier alpha value is -2.61. The number of halogens is 1. The van der Waals surface area contributed by atoms with Crippen LogP contribution in [0.4, 0.5) is 5.69 Å². The summed E-state index contributed by atoms with van der Waals surface area (Å²) in [5.74, 6) is 0.699. The van der Waals surface area contributed by atoms with Gasteiger partial charge in [-0.25, -0.2) is 8.42 Å². The van der Waals surface area contributed by atoms with Crippen molar-refractivity contribution < 1.29 is 17.9 Å². The van der Waals surface area contributed by atoms with Crippen LogP contribution in [-0.4, -0.2) is 22.3 Å². The summed E-state index contributed by atoms with van der Waals surface area (Å²) in [7, 11) is -2.05. The topological polar surface area (TPSA) is 64.6 Å². The molecule has 29 heavy (non-hydrogen) atoms. The number of hydrogen-bond donors (Lipinski definition) is 1. The molecule has 7 heteroatoms. The molecule has 0 fully saturated rings. The Labute approximate surface area is 179 Å². The third-order valence-corrected chi connectivity index (χ3v) is 5.99. The molecule has 3 rings (SSSR count). The highest BCUT2D eigenvalue weighted by molar-refractivity contribution is 9.10. The van der Waals surface area contributed by atoms with Gasteiger partial charge >= 0.3 is 0 Å². The fourth-order valence-corrected chi connectivity index (χ4v) is 4.10. The molecule has 0 unspecified atom stereocenters. The Bertz CT molecular complexity index is 1080. The van der Waals surface area contributed by atoms with Crippen molar-refractivity contribution in [3.05, 3.63) is 88.4 Å². The van der Waals surface area contributed by atoms with Crippen LogP contribution in [-0.2, 0) is 14.8 Å². The molecule has 0 saturated heterocycles. The molecule has 0 aliphatic heterocycles. The average Bonchev–Trinajstić information content (AvgIpc) is 2.72. The number of methoxy groups -OCH3 is 1. The van der Waals surface area contributed by atoms with Gasteiger partial charge in [0.25, 0.3) is 10.0 Å². The van der Waals surface area contributed by atoms with Crippen LogP contribution in [0.5, 0.6) is 5.75 Å². The first-order valence-corrected chi connectivity index (χ1v) is 11.0. The van der Waals surface area contributed by atoms with Crippen LogP contribution in [0.2, 0.25) is 0 Å². The normalized spacial score (nSPS) is 11.5. The molecule has 0 heterocycles. The summed E-state index contributed by atoms with van der Waals surface area (Å²) < 4.78 is 38.7. The molecule has 0 atom stereocenters. The van der Waals surface area contributed by atoms with E-state index >= 15 is 0 Å². The molecular formula is C22H20BrNO4S. The van der Waals surface area contributed by atoms with E-state index in [4.69, 9.17) is 9.47 Å². The lowest BCUT2D eigenvalue weighted by molar-refractivity contribution is 0.0506. The third-order valence-electron chi connectivity index (χ3n) is 3.97. The minimum Gasteiger partial charge on any atom is -0.466 e. The first-order valence-electron chi connectivity index (χ1n) is 8.75. The van der Waals surface area contributed by atoms with Gasteiger partial charge in [-0.05, 0) is 63.5 Å². The van der Waals surface area contributed by atoms with E-state index in [9.17, 15) is 8.42 Å². The number of rotatable bonds is 8. The lowest BCUT2D eigenvalue weighted by Gasteiger charge is -2.08. The monoisotopic (exact) mass is 473 g/mol. The molecule has 0 radical (unpaired) electrons. The van der Waals surface area contributed by atoms with Gasteiger partial charge in [0.1, 0.15) is 5.75 Å². The molecule has 1 N–H and O–H groups in total. The SMILES string of the molecule is COCOc1ccc(C=Cc2ccc(S(=O)(=O)Nc3ccccc3)cc2)cc1Br. The quantitative estimate of drug-likeness (QED) is 0.351. The van der Waals surface area contributed by atoms with E-state index in [2.05, 4.69) is 20.7 Å². The minimum absolute atomic E-state index is 0.183. The van der Waals surface area contributed by atoms with Crippen LogP contribution in [0.3, 0.4) is 0 Å². The Morgan fingerprint density at radius 1 is 0.931 bits per heavy atom. The summed E-state index contributed by atoms with van der Waals surface area (Å²) in [5.41, 5.74) is 2.39. The van der Waals surface area contributed by atoms with Gasteiger partial charge in [0.15, 0.2) is 6.79 Å². The lowest BCUT2D eigenvalue weighted by Crippen LogP contribution is -2.12. The van der Waals surface area contributed by atoms with E-state index in [0.717, 1.165) is 15.6 Å². The van der Waals surface area contributed by atoms with Crippen molar-refractivity contribution in [3.8, 4) is 5.75 Å². The van der Waals surface area contributed by atoms with Crippen LogP contribution >= 0.6 is 15.9 Å². The van der Waals surface area contributed by atoms with Crippen molar-refractivity contribution in [2.45, 2.75) is 4.90 Å². The summed E-state index contributed by atoms with van der Waals surface area (Å²) >= 11 is 3.47. The van der Waals surface area contributed by atoms with Crippen LogP contribution in [0.1, 0.15) is 11.1 Å². The van der Waals surface area contributed by atoms with E-state index in [1.807, 2.05) is 36.4 Å². The Morgan fingerprint density at radius 2 is 1.59 bits per heavy atom. The molecule has 0 aliphatic carbocycles. The van der Waals surface area contributed by atoms with Gasteiger partial charge in [0, 0.05) is 12.8 Å². The number of nitrogens with one attached hydrogen (secondary N) is 1. The van der Waals surface area contributed by atoms with Gasteiger partial charge in [-0.3, -0.25) is 4.72 Å². The fraction of sp³-hybridized carbons (Fsp3) is 0.0909. The van der Waals surface area contributed by atoms with E-state index in [0.29, 0.717) is 11.4 Å². The Balaban J connectivity index is 1.69. The molecule has 0 aliphatic rings. The molecule has 0 amide bonds. The molecule has 3 aromatic carbocycles. The number of sulfonamides is 1. The van der Waals surface area contributed by atoms with Crippen LogP contribution in [0.25, 0.3) is 12.2 Å². The summed E-state index contributed by atoms with van der Waals surface area (Å²) in [5, 5.41) is 0. The maximum atomic E-state index is 12.5. The zero-order valence-corrected chi connectivity index (χ0v) is 18.1. The number of para-hydroxylation sites is 1. The van der Waals surface area contributed by atoms with Crippen molar-refractivity contribution in [1.82, 2.24) is 0 Å². The van der Waals surface area contributed by atoms with Gasteiger partial charge in [-0.2, -0.15) is 0 Å². The molecule has 0 aromatic heterocycles. The van der Waals surface area contributed by atoms with Gasteiger partial charge in [0.2, 0.25) is 0 Å². The second-order valence-electron chi connectivity index (χ2n) is 6.11. The highest BCUT2D eigenvalue weighted by Gasteiger charge is 2.13. The number of ether oxygens (including phenoxy) is 2. The van der Waals surface area contributed by atoms with Crippen molar-refractivity contribution in [1.29, 1.82) is 0 Å². The van der Waals surface area contributed by atoms with Crippen molar-refractivity contribution >= 4 is 43.8 Å². The lowest BCUT2D eigenvalue weighted by atomic mass is 10.1. The fourth-order valence-electron chi connectivity index (χ4n) is 2.53. The highest BCUT2D eigenvalue weighted by Crippen LogP contribution is 2.27. The number of benzene rings is 3. The largest absolute Gasteiger partial charge is 0.466 e. The Morgan fingerprint density at radius 3 is 2.24 bits per heavy atom. The van der Waals surface area contributed by atoms with Gasteiger partial charge in [0.05, 0.1) is 9.37 Å². The predicted octanol–water partition coefficient (Wildman–Crippen LogP) is 5.40. The van der Waals surface area contributed by atoms with Crippen molar-refractivity contribution in [2.75, 3.05) is 18.6 Å². The second kappa shape index (κ2) is 9.73. The first kappa shape index (κ1) is 21.1. The maximum absolute atomic E-state index is 12.5. The zero-order chi connectivity index (χ0) is 20.7. The second-order valence-corrected chi connectivity index (χ2v) is 8.65. The minimum atomic E-state index is -3.62. The molecule has 0 saturated carbocycles. The van der Waals surface area contributed by atoms with Crippen molar-refractivity contribution in [3.63, 3.8) is 0 Å². The highest BCUT2D eigenvalue weighted by atomic mass is 79.9. The number of hydrogen-bond acceptors (Lipinski definition) is 4. The maximum Gasteiger partial charge on any atom is 0.261 e. The van der Waals surface area contributed by atoms with E-state index in [-0.39, 0.29) is 11.7 Å². The van der Waals surface area contributed by atoms with Crippen LogP contribution in [0.15, 0.2) is 82.2 Å². The summed E-state index contributed by atoms with van der Waals surface area (Å²) in [6, 6.07) is 21.2. The van der Waals surface area contributed by atoms with Gasteiger partial charge in [-0.1, -0.05) is 48.6 Å². The van der Waals surface area contributed by atoms with Crippen molar-refractivity contribution in [2.24, 2.45) is 0 Å². The molecular weight excluding hydrogens is 454 g/mol. The number of anilines is 1. The molecule has 0 spiro atoms. The van der Waals surface area contributed by atoms with E-state index in [1.54, 1.807) is 55.6 Å². The average molecular weight is 474 g/mol. The van der Waals surface area contributed by atoms with E-state index < -0.39 is 10.0 Å². The Kier molecular flexibility index (Phi) is 7.09. The smallest absolute Gasteiger partial charge is 0.261 e. The first-order chi connectivity index (χ1) is 14.0. The van der Waals surface area contributed by atoms with Crippen LogP contribution in [0, 0.1) is 0 Å². The summed E-state index contributed by atoms with van der Waals surface area (Å²) in [6.45, 7) is 0.183. The van der Waals surface area contributed by atoms with Crippen LogP contribution < -0.4 is 9.46 Å². The molecule has 5 nitrogen and oxygen atoms in total.